The first kappa shape index (κ1) is 15.3. The SMILES string of the molecule is O=C(O)C(NS(=O)(=O)c1cccc(F)c1[N+](=O)[O-])C1CC1. The number of para-hydroxylation sites is 1. The van der Waals surface area contributed by atoms with Gasteiger partial charge in [-0.05, 0) is 30.9 Å². The molecule has 0 aliphatic heterocycles. The van der Waals surface area contributed by atoms with E-state index >= 15 is 0 Å². The Morgan fingerprint density at radius 2 is 2.10 bits per heavy atom. The quantitative estimate of drug-likeness (QED) is 0.592. The molecule has 0 amide bonds. The fourth-order valence-corrected chi connectivity index (χ4v) is 3.34. The van der Waals surface area contributed by atoms with Crippen molar-refractivity contribution in [2.75, 3.05) is 0 Å². The molecule has 1 aliphatic rings. The van der Waals surface area contributed by atoms with Crippen LogP contribution in [0.3, 0.4) is 0 Å². The molecule has 114 valence electrons. The number of halogens is 1. The van der Waals surface area contributed by atoms with E-state index in [9.17, 15) is 27.7 Å². The van der Waals surface area contributed by atoms with E-state index in [0.717, 1.165) is 18.2 Å². The van der Waals surface area contributed by atoms with E-state index in [4.69, 9.17) is 5.11 Å². The molecule has 1 saturated carbocycles. The van der Waals surface area contributed by atoms with Crippen molar-refractivity contribution in [1.82, 2.24) is 4.72 Å². The number of nitro groups is 1. The number of carboxylic acid groups (broad SMARTS) is 1. The van der Waals surface area contributed by atoms with Crippen LogP contribution in [0.5, 0.6) is 0 Å². The summed E-state index contributed by atoms with van der Waals surface area (Å²) in [5.74, 6) is -3.04. The molecule has 1 aromatic carbocycles. The van der Waals surface area contributed by atoms with E-state index in [1.54, 1.807) is 0 Å². The van der Waals surface area contributed by atoms with Crippen LogP contribution in [0.1, 0.15) is 12.8 Å². The standard InChI is InChI=1S/C11H11FN2O6S/c12-7-2-1-3-8(10(7)14(17)18)21(19,20)13-9(11(15)16)6-4-5-6/h1-3,6,9,13H,4-5H2,(H,15,16). The predicted molar refractivity (Wildman–Crippen MR) is 67.5 cm³/mol. The van der Waals surface area contributed by atoms with Gasteiger partial charge in [0.2, 0.25) is 15.8 Å². The topological polar surface area (TPSA) is 127 Å². The predicted octanol–water partition coefficient (Wildman–Crippen LogP) is 0.875. The molecular weight excluding hydrogens is 307 g/mol. The molecule has 0 bridgehead atoms. The maximum atomic E-state index is 13.4. The number of carboxylic acids is 1. The number of aliphatic carboxylic acids is 1. The molecule has 1 atom stereocenters. The number of benzene rings is 1. The molecule has 2 rings (SSSR count). The number of hydrogen-bond donors (Lipinski definition) is 2. The smallest absolute Gasteiger partial charge is 0.324 e. The molecule has 0 heterocycles. The van der Waals surface area contributed by atoms with Crippen LogP contribution in [-0.4, -0.2) is 30.5 Å². The van der Waals surface area contributed by atoms with Gasteiger partial charge >= 0.3 is 11.7 Å². The van der Waals surface area contributed by atoms with Crippen molar-refractivity contribution in [3.8, 4) is 0 Å². The van der Waals surface area contributed by atoms with E-state index in [1.165, 1.54) is 0 Å². The van der Waals surface area contributed by atoms with Gasteiger partial charge in [0.15, 0.2) is 4.90 Å². The van der Waals surface area contributed by atoms with Crippen molar-refractivity contribution in [3.05, 3.63) is 34.1 Å². The minimum Gasteiger partial charge on any atom is -0.480 e. The van der Waals surface area contributed by atoms with Gasteiger partial charge in [0, 0.05) is 0 Å². The third-order valence-electron chi connectivity index (χ3n) is 3.06. The van der Waals surface area contributed by atoms with Crippen molar-refractivity contribution in [2.45, 2.75) is 23.8 Å². The molecular formula is C11H11FN2O6S. The van der Waals surface area contributed by atoms with Crippen molar-refractivity contribution in [1.29, 1.82) is 0 Å². The van der Waals surface area contributed by atoms with Gasteiger partial charge < -0.3 is 5.11 Å². The van der Waals surface area contributed by atoms with Crippen molar-refractivity contribution < 1.29 is 27.6 Å². The van der Waals surface area contributed by atoms with Gasteiger partial charge in [-0.15, -0.1) is 0 Å². The number of sulfonamides is 1. The zero-order valence-electron chi connectivity index (χ0n) is 10.5. The Bertz CT molecular complexity index is 701. The number of nitro benzene ring substituents is 1. The molecule has 21 heavy (non-hydrogen) atoms. The lowest BCUT2D eigenvalue weighted by molar-refractivity contribution is -0.390. The summed E-state index contributed by atoms with van der Waals surface area (Å²) in [6.07, 6.45) is 1.09. The van der Waals surface area contributed by atoms with Crippen molar-refractivity contribution in [3.63, 3.8) is 0 Å². The summed E-state index contributed by atoms with van der Waals surface area (Å²) in [4.78, 5) is 19.8. The average Bonchev–Trinajstić information content (AvgIpc) is 3.19. The number of carbonyl (C=O) groups is 1. The highest BCUT2D eigenvalue weighted by atomic mass is 32.2. The van der Waals surface area contributed by atoms with Gasteiger partial charge in [-0.2, -0.15) is 9.11 Å². The zero-order chi connectivity index (χ0) is 15.8. The van der Waals surface area contributed by atoms with Crippen LogP contribution < -0.4 is 4.72 Å². The summed E-state index contributed by atoms with van der Waals surface area (Å²) in [5, 5.41) is 19.8. The minimum absolute atomic E-state index is 0.357. The number of nitrogens with zero attached hydrogens (tertiary/aromatic N) is 1. The van der Waals surface area contributed by atoms with Gasteiger partial charge in [-0.3, -0.25) is 14.9 Å². The van der Waals surface area contributed by atoms with Gasteiger partial charge in [0.05, 0.1) is 4.92 Å². The molecule has 1 fully saturated rings. The highest BCUT2D eigenvalue weighted by molar-refractivity contribution is 7.89. The van der Waals surface area contributed by atoms with Crippen molar-refractivity contribution in [2.24, 2.45) is 5.92 Å². The number of nitrogens with one attached hydrogen (secondary N) is 1. The lowest BCUT2D eigenvalue weighted by Gasteiger charge is -2.14. The van der Waals surface area contributed by atoms with E-state index in [-0.39, 0.29) is 5.92 Å². The Morgan fingerprint density at radius 1 is 1.48 bits per heavy atom. The van der Waals surface area contributed by atoms with Gasteiger partial charge in [-0.1, -0.05) is 6.07 Å². The first-order chi connectivity index (χ1) is 9.74. The maximum absolute atomic E-state index is 13.4. The average molecular weight is 318 g/mol. The highest BCUT2D eigenvalue weighted by Crippen LogP contribution is 2.34. The third-order valence-corrected chi connectivity index (χ3v) is 4.54. The molecule has 8 nitrogen and oxygen atoms in total. The molecule has 10 heteroatoms. The van der Waals surface area contributed by atoms with Crippen LogP contribution in [0.25, 0.3) is 0 Å². The lowest BCUT2D eigenvalue weighted by Crippen LogP contribution is -2.42. The molecule has 0 spiro atoms. The van der Waals surface area contributed by atoms with Crippen LogP contribution >= 0.6 is 0 Å². The summed E-state index contributed by atoms with van der Waals surface area (Å²) in [5.41, 5.74) is -1.20. The summed E-state index contributed by atoms with van der Waals surface area (Å²) in [7, 11) is -4.52. The van der Waals surface area contributed by atoms with E-state index < -0.39 is 43.4 Å². The van der Waals surface area contributed by atoms with E-state index in [0.29, 0.717) is 12.8 Å². The number of rotatable bonds is 6. The van der Waals surface area contributed by atoms with Gasteiger partial charge in [-0.25, -0.2) is 8.42 Å². The monoisotopic (exact) mass is 318 g/mol. The normalized spacial score (nSPS) is 16.4. The van der Waals surface area contributed by atoms with E-state index in [1.807, 2.05) is 4.72 Å². The molecule has 2 N–H and O–H groups in total. The van der Waals surface area contributed by atoms with Gasteiger partial charge in [0.25, 0.3) is 0 Å². The van der Waals surface area contributed by atoms with Crippen LogP contribution in [-0.2, 0) is 14.8 Å². The molecule has 0 radical (unpaired) electrons. The highest BCUT2D eigenvalue weighted by Gasteiger charge is 2.41. The number of hydrogen-bond acceptors (Lipinski definition) is 5. The Morgan fingerprint density at radius 3 is 2.57 bits per heavy atom. The lowest BCUT2D eigenvalue weighted by atomic mass is 10.2. The summed E-state index contributed by atoms with van der Waals surface area (Å²) in [6.45, 7) is 0. The zero-order valence-corrected chi connectivity index (χ0v) is 11.3. The summed E-state index contributed by atoms with van der Waals surface area (Å²) in [6, 6.07) is 1.24. The summed E-state index contributed by atoms with van der Waals surface area (Å²) < 4.78 is 39.6. The summed E-state index contributed by atoms with van der Waals surface area (Å²) >= 11 is 0. The van der Waals surface area contributed by atoms with Crippen LogP contribution in [0.2, 0.25) is 0 Å². The molecule has 0 saturated heterocycles. The second kappa shape index (κ2) is 5.37. The molecule has 1 aliphatic carbocycles. The van der Waals surface area contributed by atoms with Crippen LogP contribution in [0, 0.1) is 21.8 Å². The largest absolute Gasteiger partial charge is 0.480 e. The second-order valence-corrected chi connectivity index (χ2v) is 6.30. The van der Waals surface area contributed by atoms with Gasteiger partial charge in [0.1, 0.15) is 6.04 Å². The minimum atomic E-state index is -4.52. The first-order valence-corrected chi connectivity index (χ1v) is 7.40. The molecule has 1 unspecified atom stereocenters. The maximum Gasteiger partial charge on any atom is 0.324 e. The first-order valence-electron chi connectivity index (χ1n) is 5.92. The fourth-order valence-electron chi connectivity index (χ4n) is 1.90. The molecule has 0 aromatic heterocycles. The van der Waals surface area contributed by atoms with Crippen LogP contribution in [0.4, 0.5) is 10.1 Å². The van der Waals surface area contributed by atoms with Crippen molar-refractivity contribution >= 4 is 21.7 Å². The third kappa shape index (κ3) is 3.16. The fraction of sp³-hybridized carbons (Fsp3) is 0.364. The Labute approximate surface area is 118 Å². The van der Waals surface area contributed by atoms with Crippen LogP contribution in [0.15, 0.2) is 23.1 Å². The molecule has 1 aromatic rings. The van der Waals surface area contributed by atoms with E-state index in [2.05, 4.69) is 0 Å². The Balaban J connectivity index is 2.42. The Kier molecular flexibility index (Phi) is 3.92. The Hall–Kier alpha value is -2.07. The second-order valence-electron chi connectivity index (χ2n) is 4.62.